The number of hydrogen-bond donors (Lipinski definition) is 2. The molecule has 0 fully saturated rings. The number of amides is 1. The van der Waals surface area contributed by atoms with E-state index in [4.69, 9.17) is 4.74 Å². The molecule has 11 heteroatoms. The molecule has 0 aliphatic carbocycles. The van der Waals surface area contributed by atoms with Crippen molar-refractivity contribution in [2.75, 3.05) is 23.8 Å². The predicted octanol–water partition coefficient (Wildman–Crippen LogP) is 3.57. The van der Waals surface area contributed by atoms with Crippen LogP contribution in [-0.2, 0) is 19.6 Å². The Morgan fingerprint density at radius 2 is 1.52 bits per heavy atom. The van der Waals surface area contributed by atoms with E-state index in [0.29, 0.717) is 17.5 Å². The van der Waals surface area contributed by atoms with Crippen LogP contribution in [-0.4, -0.2) is 34.0 Å². The summed E-state index contributed by atoms with van der Waals surface area (Å²) in [5, 5.41) is 2.66. The van der Waals surface area contributed by atoms with Crippen molar-refractivity contribution in [2.45, 2.75) is 4.90 Å². The van der Waals surface area contributed by atoms with Crippen molar-refractivity contribution >= 4 is 33.3 Å². The molecule has 172 valence electrons. The number of methoxy groups -OCH3 is 1. The molecular weight excluding hydrogens is 458 g/mol. The third kappa shape index (κ3) is 6.26. The zero-order valence-corrected chi connectivity index (χ0v) is 18.0. The molecule has 0 aromatic heterocycles. The molecule has 0 heterocycles. The quantitative estimate of drug-likeness (QED) is 0.481. The predicted molar refractivity (Wildman–Crippen MR) is 116 cm³/mol. The number of ether oxygens (including phenoxy) is 2. The summed E-state index contributed by atoms with van der Waals surface area (Å²) in [7, 11) is -2.90. The number of anilines is 2. The summed E-state index contributed by atoms with van der Waals surface area (Å²) >= 11 is 0. The summed E-state index contributed by atoms with van der Waals surface area (Å²) in [6.07, 6.45) is 0. The molecule has 0 saturated carbocycles. The van der Waals surface area contributed by atoms with E-state index < -0.39 is 38.4 Å². The number of halogens is 2. The molecule has 0 aliphatic heterocycles. The van der Waals surface area contributed by atoms with Crippen LogP contribution in [0.2, 0.25) is 0 Å². The summed E-state index contributed by atoms with van der Waals surface area (Å²) in [4.78, 5) is 23.1. The number of benzene rings is 3. The summed E-state index contributed by atoms with van der Waals surface area (Å²) < 4.78 is 63.0. The molecule has 3 aromatic rings. The fourth-order valence-electron chi connectivity index (χ4n) is 2.59. The third-order valence-corrected chi connectivity index (χ3v) is 5.68. The van der Waals surface area contributed by atoms with Crippen LogP contribution >= 0.6 is 0 Å². The second-order valence-electron chi connectivity index (χ2n) is 6.60. The van der Waals surface area contributed by atoms with Gasteiger partial charge in [-0.3, -0.25) is 9.52 Å². The van der Waals surface area contributed by atoms with E-state index in [0.717, 1.165) is 12.1 Å². The summed E-state index contributed by atoms with van der Waals surface area (Å²) in [5.41, 5.74) is 0.841. The molecule has 3 rings (SSSR count). The minimum absolute atomic E-state index is 0.128. The number of carbonyl (C=O) groups is 2. The van der Waals surface area contributed by atoms with E-state index in [1.807, 2.05) is 0 Å². The number of esters is 1. The highest BCUT2D eigenvalue weighted by Crippen LogP contribution is 2.20. The van der Waals surface area contributed by atoms with E-state index in [-0.39, 0.29) is 17.9 Å². The second kappa shape index (κ2) is 10.1. The maximum Gasteiger partial charge on any atom is 0.343 e. The zero-order valence-electron chi connectivity index (χ0n) is 17.2. The SMILES string of the molecule is COC(=O)COc1ccc(NC(=O)c2ccc(NS(=O)(=O)c3ccc(F)c(F)c3)cc2)cc1. The minimum Gasteiger partial charge on any atom is -0.482 e. The van der Waals surface area contributed by atoms with Gasteiger partial charge in [-0.1, -0.05) is 0 Å². The Kier molecular flexibility index (Phi) is 7.23. The van der Waals surface area contributed by atoms with Crippen LogP contribution in [0.5, 0.6) is 5.75 Å². The average molecular weight is 476 g/mol. The molecule has 0 aliphatic rings. The Morgan fingerprint density at radius 3 is 2.12 bits per heavy atom. The Labute approximate surface area is 188 Å². The largest absolute Gasteiger partial charge is 0.482 e. The maximum atomic E-state index is 13.3. The molecule has 0 unspecified atom stereocenters. The molecule has 3 aromatic carbocycles. The standard InChI is InChI=1S/C22H18F2N2O6S/c1-31-21(27)13-32-17-8-6-15(7-9-17)25-22(28)14-2-4-16(5-3-14)26-33(29,30)18-10-11-19(23)20(24)12-18/h2-12,26H,13H2,1H3,(H,25,28). The van der Waals surface area contributed by atoms with Crippen molar-refractivity contribution in [1.29, 1.82) is 0 Å². The van der Waals surface area contributed by atoms with Crippen LogP contribution < -0.4 is 14.8 Å². The lowest BCUT2D eigenvalue weighted by molar-refractivity contribution is -0.142. The fraction of sp³-hybridized carbons (Fsp3) is 0.0909. The monoisotopic (exact) mass is 476 g/mol. The van der Waals surface area contributed by atoms with Crippen molar-refractivity contribution in [2.24, 2.45) is 0 Å². The van der Waals surface area contributed by atoms with Gasteiger partial charge in [0.2, 0.25) is 0 Å². The lowest BCUT2D eigenvalue weighted by Gasteiger charge is -2.10. The molecule has 1 amide bonds. The van der Waals surface area contributed by atoms with Crippen LogP contribution in [0.1, 0.15) is 10.4 Å². The van der Waals surface area contributed by atoms with Crippen molar-refractivity contribution in [3.63, 3.8) is 0 Å². The number of carbonyl (C=O) groups excluding carboxylic acids is 2. The highest BCUT2D eigenvalue weighted by atomic mass is 32.2. The first kappa shape index (κ1) is 23.7. The Bertz CT molecular complexity index is 1260. The van der Waals surface area contributed by atoms with Crippen molar-refractivity contribution in [1.82, 2.24) is 0 Å². The van der Waals surface area contributed by atoms with Gasteiger partial charge in [0.15, 0.2) is 18.2 Å². The first-order valence-electron chi connectivity index (χ1n) is 9.37. The van der Waals surface area contributed by atoms with Crippen LogP contribution in [0, 0.1) is 11.6 Å². The minimum atomic E-state index is -4.15. The van der Waals surface area contributed by atoms with Gasteiger partial charge >= 0.3 is 5.97 Å². The van der Waals surface area contributed by atoms with Gasteiger partial charge in [-0.25, -0.2) is 22.0 Å². The first-order chi connectivity index (χ1) is 15.7. The smallest absolute Gasteiger partial charge is 0.343 e. The number of rotatable bonds is 8. The fourth-order valence-corrected chi connectivity index (χ4v) is 3.66. The first-order valence-corrected chi connectivity index (χ1v) is 10.9. The van der Waals surface area contributed by atoms with E-state index in [2.05, 4.69) is 14.8 Å². The second-order valence-corrected chi connectivity index (χ2v) is 8.28. The van der Waals surface area contributed by atoms with Gasteiger partial charge < -0.3 is 14.8 Å². The molecule has 0 radical (unpaired) electrons. The van der Waals surface area contributed by atoms with Gasteiger partial charge in [-0.2, -0.15) is 0 Å². The lowest BCUT2D eigenvalue weighted by atomic mass is 10.2. The highest BCUT2D eigenvalue weighted by molar-refractivity contribution is 7.92. The van der Waals surface area contributed by atoms with E-state index in [1.165, 1.54) is 31.4 Å². The molecule has 0 bridgehead atoms. The summed E-state index contributed by atoms with van der Waals surface area (Å²) in [6, 6.07) is 14.0. The third-order valence-electron chi connectivity index (χ3n) is 4.30. The normalized spacial score (nSPS) is 10.9. The van der Waals surface area contributed by atoms with E-state index in [9.17, 15) is 26.8 Å². The molecule has 0 atom stereocenters. The van der Waals surface area contributed by atoms with Crippen molar-refractivity contribution < 1.29 is 36.3 Å². The van der Waals surface area contributed by atoms with Crippen LogP contribution in [0.3, 0.4) is 0 Å². The van der Waals surface area contributed by atoms with Crippen molar-refractivity contribution in [3.8, 4) is 5.75 Å². The van der Waals surface area contributed by atoms with Gasteiger partial charge in [0.1, 0.15) is 5.75 Å². The average Bonchev–Trinajstić information content (AvgIpc) is 2.80. The molecule has 0 saturated heterocycles. The van der Waals surface area contributed by atoms with Gasteiger partial charge in [-0.05, 0) is 66.7 Å². The zero-order chi connectivity index (χ0) is 24.0. The molecule has 33 heavy (non-hydrogen) atoms. The number of nitrogens with one attached hydrogen (secondary N) is 2. The van der Waals surface area contributed by atoms with Crippen molar-refractivity contribution in [3.05, 3.63) is 83.9 Å². The Balaban J connectivity index is 1.62. The number of hydrogen-bond acceptors (Lipinski definition) is 6. The summed E-state index contributed by atoms with van der Waals surface area (Å²) in [5.74, 6) is -3.01. The van der Waals surface area contributed by atoms with E-state index in [1.54, 1.807) is 24.3 Å². The molecule has 2 N–H and O–H groups in total. The molecule has 0 spiro atoms. The molecular formula is C22H18F2N2O6S. The van der Waals surface area contributed by atoms with Crippen LogP contribution in [0.15, 0.2) is 71.6 Å². The van der Waals surface area contributed by atoms with E-state index >= 15 is 0 Å². The maximum absolute atomic E-state index is 13.3. The van der Waals surface area contributed by atoms with Crippen LogP contribution in [0.4, 0.5) is 20.2 Å². The van der Waals surface area contributed by atoms with Gasteiger partial charge in [0.05, 0.1) is 12.0 Å². The Morgan fingerprint density at radius 1 is 0.879 bits per heavy atom. The Hall–Kier alpha value is -3.99. The van der Waals surface area contributed by atoms with Crippen LogP contribution in [0.25, 0.3) is 0 Å². The highest BCUT2D eigenvalue weighted by Gasteiger charge is 2.17. The summed E-state index contributed by atoms with van der Waals surface area (Å²) in [6.45, 7) is -0.242. The molecule has 8 nitrogen and oxygen atoms in total. The van der Waals surface area contributed by atoms with Gasteiger partial charge in [-0.15, -0.1) is 0 Å². The van der Waals surface area contributed by atoms with Gasteiger partial charge in [0, 0.05) is 16.9 Å². The lowest BCUT2D eigenvalue weighted by Crippen LogP contribution is -2.14. The van der Waals surface area contributed by atoms with Gasteiger partial charge in [0.25, 0.3) is 15.9 Å². The number of sulfonamides is 1. The topological polar surface area (TPSA) is 111 Å².